The van der Waals surface area contributed by atoms with Crippen LogP contribution < -0.4 is 5.32 Å². The molecule has 0 unspecified atom stereocenters. The van der Waals surface area contributed by atoms with Crippen molar-refractivity contribution in [2.24, 2.45) is 10.8 Å². The Kier molecular flexibility index (Phi) is 12.3. The number of hydrogen-bond donors (Lipinski definition) is 2. The number of methoxy groups -OCH3 is 2. The van der Waals surface area contributed by atoms with Crippen LogP contribution in [0.5, 0.6) is 0 Å². The number of amides is 2. The van der Waals surface area contributed by atoms with Crippen LogP contribution in [0.15, 0.2) is 0 Å². The second kappa shape index (κ2) is 14.2. The first-order valence-corrected chi connectivity index (χ1v) is 20.4. The van der Waals surface area contributed by atoms with E-state index < -0.39 is 57.7 Å². The number of carbonyl (C=O) groups is 4. The van der Waals surface area contributed by atoms with Crippen LogP contribution in [-0.4, -0.2) is 128 Å². The van der Waals surface area contributed by atoms with Gasteiger partial charge in [-0.05, 0) is 31.0 Å². The Morgan fingerprint density at radius 2 is 1.50 bits per heavy atom. The van der Waals surface area contributed by atoms with Gasteiger partial charge in [0.1, 0.15) is 0 Å². The molecule has 1 spiro atoms. The summed E-state index contributed by atoms with van der Waals surface area (Å²) in [6, 6.07) is 0. The summed E-state index contributed by atoms with van der Waals surface area (Å²) in [4.78, 5) is 46.1. The highest BCUT2D eigenvalue weighted by atomic mass is 32.2. The third-order valence-corrected chi connectivity index (χ3v) is 16.9. The summed E-state index contributed by atoms with van der Waals surface area (Å²) in [5.41, 5.74) is -1.73. The van der Waals surface area contributed by atoms with Crippen LogP contribution in [0.25, 0.3) is 0 Å². The minimum absolute atomic E-state index is 0.00143. The van der Waals surface area contributed by atoms with Crippen molar-refractivity contribution >= 4 is 52.1 Å². The molecule has 0 aromatic heterocycles. The normalized spacial score (nSPS) is 20.5. The van der Waals surface area contributed by atoms with Crippen molar-refractivity contribution in [2.75, 3.05) is 65.1 Å². The number of rotatable bonds is 12. The van der Waals surface area contributed by atoms with E-state index in [4.69, 9.17) is 14.3 Å². The number of aliphatic hydroxyl groups is 1. The quantitative estimate of drug-likeness (QED) is 0.156. The van der Waals surface area contributed by atoms with Crippen LogP contribution in [-0.2, 0) is 53.1 Å². The molecule has 3 aliphatic heterocycles. The van der Waals surface area contributed by atoms with E-state index in [1.807, 2.05) is 0 Å². The fourth-order valence-electron chi connectivity index (χ4n) is 4.78. The van der Waals surface area contributed by atoms with Crippen molar-refractivity contribution in [3.63, 3.8) is 0 Å². The molecule has 0 radical (unpaired) electrons. The molecule has 2 amide bonds. The molecule has 0 aromatic rings. The number of imide groups is 1. The van der Waals surface area contributed by atoms with Crippen LogP contribution in [0.1, 0.15) is 46.5 Å². The van der Waals surface area contributed by atoms with E-state index >= 15 is 0 Å². The highest BCUT2D eigenvalue weighted by Gasteiger charge is 2.55. The Bertz CT molecular complexity index is 1300. The monoisotopic (exact) mass is 685 g/mol. The molecule has 0 aliphatic carbocycles. The second-order valence-electron chi connectivity index (χ2n) is 13.0. The van der Waals surface area contributed by atoms with Crippen molar-refractivity contribution < 1.29 is 55.0 Å². The maximum atomic E-state index is 12.6. The summed E-state index contributed by atoms with van der Waals surface area (Å²) in [6.45, 7) is 10.3. The lowest BCUT2D eigenvalue weighted by Crippen LogP contribution is -2.67. The van der Waals surface area contributed by atoms with E-state index in [0.717, 1.165) is 0 Å². The van der Waals surface area contributed by atoms with E-state index in [-0.39, 0.29) is 80.4 Å². The lowest BCUT2D eigenvalue weighted by molar-refractivity contribution is -0.162. The fraction of sp³-hybridized carbons (Fsp3) is 0.846. The average molecular weight is 686 g/mol. The number of nitrogens with zero attached hydrogens (tertiary/aromatic N) is 2. The van der Waals surface area contributed by atoms with Gasteiger partial charge in [0, 0.05) is 45.6 Å². The molecular formula is C26H47N3O12S2Si. The summed E-state index contributed by atoms with van der Waals surface area (Å²) >= 11 is 0. The minimum Gasteiger partial charge on any atom is -0.469 e. The van der Waals surface area contributed by atoms with Crippen molar-refractivity contribution in [3.8, 4) is 0 Å². The zero-order valence-electron chi connectivity index (χ0n) is 26.6. The summed E-state index contributed by atoms with van der Waals surface area (Å²) in [5.74, 6) is -2.10. The predicted molar refractivity (Wildman–Crippen MR) is 161 cm³/mol. The Morgan fingerprint density at radius 3 is 1.98 bits per heavy atom. The van der Waals surface area contributed by atoms with Crippen LogP contribution in [0.2, 0.25) is 18.1 Å². The molecule has 0 bridgehead atoms. The summed E-state index contributed by atoms with van der Waals surface area (Å²) in [5, 5.41) is 10.9. The Hall–Kier alpha value is -1.96. The van der Waals surface area contributed by atoms with Crippen molar-refractivity contribution in [1.29, 1.82) is 0 Å². The number of piperidine rings is 1. The van der Waals surface area contributed by atoms with Gasteiger partial charge in [0.05, 0.1) is 43.2 Å². The molecule has 3 fully saturated rings. The highest BCUT2D eigenvalue weighted by Crippen LogP contribution is 2.40. The summed E-state index contributed by atoms with van der Waals surface area (Å²) in [7, 11) is -6.50. The van der Waals surface area contributed by atoms with Gasteiger partial charge in [-0.25, -0.2) is 16.8 Å². The first-order valence-electron chi connectivity index (χ1n) is 14.3. The fourth-order valence-corrected chi connectivity index (χ4v) is 8.79. The lowest BCUT2D eigenvalue weighted by atomic mass is 9.74. The van der Waals surface area contributed by atoms with Gasteiger partial charge in [-0.15, -0.1) is 0 Å². The maximum absolute atomic E-state index is 12.6. The third-order valence-electron chi connectivity index (χ3n) is 8.88. The van der Waals surface area contributed by atoms with Crippen LogP contribution in [0, 0.1) is 10.8 Å². The Labute approximate surface area is 261 Å². The third kappa shape index (κ3) is 8.85. The van der Waals surface area contributed by atoms with Crippen LogP contribution >= 0.6 is 0 Å². The second-order valence-corrected chi connectivity index (χ2v) is 22.0. The predicted octanol–water partition coefficient (Wildman–Crippen LogP) is -0.187. The summed E-state index contributed by atoms with van der Waals surface area (Å²) in [6.07, 6.45) is 0.870. The summed E-state index contributed by atoms with van der Waals surface area (Å²) < 4.78 is 66.1. The van der Waals surface area contributed by atoms with E-state index in [1.54, 1.807) is 0 Å². The lowest BCUT2D eigenvalue weighted by Gasteiger charge is -2.49. The Balaban J connectivity index is 0.000000338. The molecule has 0 atom stereocenters. The molecule has 3 heterocycles. The molecular weight excluding hydrogens is 639 g/mol. The first-order chi connectivity index (χ1) is 20.1. The number of ether oxygens (including phenoxy) is 2. The standard InChI is InChI=1S/C17H33NO7SSi.C9H14N2O5S/c1-16(2,3)27(6,7)25-10-11-26(21,22)18-12-17(13-18,15(20)24-5)9-8-14(19)23-4;12-3-4-17(15,16)11-5-9(6-11)2-1-7(13)10-8(9)14/h8-13H2,1-7H3;12H,1-6H2,(H,10,13,14). The van der Waals surface area contributed by atoms with Gasteiger partial charge in [-0.2, -0.15) is 8.61 Å². The minimum atomic E-state index is -3.54. The van der Waals surface area contributed by atoms with Gasteiger partial charge >= 0.3 is 11.9 Å². The molecule has 3 aliphatic rings. The van der Waals surface area contributed by atoms with Crippen molar-refractivity contribution in [1.82, 2.24) is 13.9 Å². The SMILES string of the molecule is COC(=O)CCC1(C(=O)OC)CN(S(=O)(=O)CCO[Si](C)(C)C(C)(C)C)C1.O=C1CCC2(CN(S(=O)(=O)CCO)C2)C(=O)N1. The molecule has 0 saturated carbocycles. The van der Waals surface area contributed by atoms with Gasteiger partial charge in [0.15, 0.2) is 8.32 Å². The molecule has 18 heteroatoms. The molecule has 2 N–H and O–H groups in total. The number of esters is 2. The number of carbonyl (C=O) groups excluding carboxylic acids is 4. The van der Waals surface area contributed by atoms with Crippen LogP contribution in [0.3, 0.4) is 0 Å². The largest absolute Gasteiger partial charge is 0.469 e. The van der Waals surface area contributed by atoms with E-state index in [9.17, 15) is 36.0 Å². The average Bonchev–Trinajstić information content (AvgIpc) is 2.85. The molecule has 0 aromatic carbocycles. The number of aliphatic hydroxyl groups excluding tert-OH is 1. The molecule has 44 heavy (non-hydrogen) atoms. The zero-order valence-corrected chi connectivity index (χ0v) is 29.3. The topological polar surface area (TPSA) is 203 Å². The van der Waals surface area contributed by atoms with E-state index in [2.05, 4.69) is 43.9 Å². The zero-order chi connectivity index (χ0) is 33.8. The van der Waals surface area contributed by atoms with Gasteiger partial charge in [-0.1, -0.05) is 20.8 Å². The molecule has 15 nitrogen and oxygen atoms in total. The Morgan fingerprint density at radius 1 is 0.955 bits per heavy atom. The molecule has 3 saturated heterocycles. The maximum Gasteiger partial charge on any atom is 0.314 e. The van der Waals surface area contributed by atoms with Crippen LogP contribution in [0.4, 0.5) is 0 Å². The smallest absolute Gasteiger partial charge is 0.314 e. The van der Waals surface area contributed by atoms with Gasteiger partial charge in [0.25, 0.3) is 0 Å². The van der Waals surface area contributed by atoms with Gasteiger partial charge in [0.2, 0.25) is 31.9 Å². The van der Waals surface area contributed by atoms with E-state index in [1.165, 1.54) is 22.8 Å². The molecule has 3 rings (SSSR count). The van der Waals surface area contributed by atoms with E-state index in [0.29, 0.717) is 6.42 Å². The number of hydrogen-bond acceptors (Lipinski definition) is 12. The first kappa shape index (κ1) is 38.2. The van der Waals surface area contributed by atoms with Crippen molar-refractivity contribution in [2.45, 2.75) is 64.6 Å². The highest BCUT2D eigenvalue weighted by molar-refractivity contribution is 7.89. The number of sulfonamides is 2. The van der Waals surface area contributed by atoms with Gasteiger partial charge in [-0.3, -0.25) is 24.5 Å². The van der Waals surface area contributed by atoms with Gasteiger partial charge < -0.3 is 19.0 Å². The number of nitrogens with one attached hydrogen (secondary N) is 1. The van der Waals surface area contributed by atoms with Crippen molar-refractivity contribution in [3.05, 3.63) is 0 Å². The molecule has 254 valence electrons.